The zero-order valence-electron chi connectivity index (χ0n) is 44.5. The van der Waals surface area contributed by atoms with Crippen molar-refractivity contribution >= 4 is 87.2 Å². The highest BCUT2D eigenvalue weighted by molar-refractivity contribution is 6.18. The summed E-state index contributed by atoms with van der Waals surface area (Å²) in [6.45, 7) is 9.27. The molecule has 0 radical (unpaired) electrons. The topological polar surface area (TPSA) is 67.3 Å². The van der Waals surface area contributed by atoms with E-state index in [1.165, 1.54) is 66.1 Å². The first-order valence-electron chi connectivity index (χ1n) is 27.5. The quantitative estimate of drug-likeness (QED) is 0.176. The molecule has 0 unspecified atom stereocenters. The second-order valence-corrected chi connectivity index (χ2v) is 23.0. The van der Waals surface area contributed by atoms with E-state index in [4.69, 9.17) is 0 Å². The number of aromatic nitrogens is 4. The van der Waals surface area contributed by atoms with Crippen LogP contribution in [-0.2, 0) is 10.8 Å². The number of fused-ring (bicyclic) bond motifs is 18. The van der Waals surface area contributed by atoms with E-state index in [0.717, 1.165) is 77.1 Å². The van der Waals surface area contributed by atoms with Crippen LogP contribution in [0, 0.1) is 22.7 Å². The molecular weight excluding hydrogens is 973 g/mol. The first kappa shape index (κ1) is 44.7. The van der Waals surface area contributed by atoms with Gasteiger partial charge in [0.25, 0.3) is 0 Å². The minimum atomic E-state index is -0.294. The fourth-order valence-electron chi connectivity index (χ4n) is 14.8. The summed E-state index contributed by atoms with van der Waals surface area (Å²) >= 11 is 0. The molecule has 11 aromatic carbocycles. The molecule has 0 bridgehead atoms. The van der Waals surface area contributed by atoms with E-state index in [-0.39, 0.29) is 10.8 Å². The molecule has 4 heterocycles. The maximum absolute atomic E-state index is 11.9. The van der Waals surface area contributed by atoms with E-state index in [9.17, 15) is 10.5 Å². The van der Waals surface area contributed by atoms with Gasteiger partial charge >= 0.3 is 0 Å². The van der Waals surface area contributed by atoms with Gasteiger partial charge in [0.15, 0.2) is 0 Å². The molecule has 6 heteroatoms. The van der Waals surface area contributed by atoms with E-state index in [0.29, 0.717) is 22.5 Å². The highest BCUT2D eigenvalue weighted by Crippen LogP contribution is 2.54. The SMILES string of the molecule is CC1(C)c2ccccc2-c2cc3c4cccc(-n5c6ccccc6c6ccccc65)c4n(-c4cc(C#N)c(-n5c6cc7c(cc6c6cccc(-n8c9ccccc9c9ccccc98)c65)-c5ccccc5C7(C)C)cc4C#N)c3cc21. The number of nitriles is 2. The van der Waals surface area contributed by atoms with Crippen molar-refractivity contribution in [2.24, 2.45) is 0 Å². The molecule has 0 spiro atoms. The van der Waals surface area contributed by atoms with Crippen LogP contribution >= 0.6 is 0 Å². The Morgan fingerprint density at radius 3 is 0.988 bits per heavy atom. The Kier molecular flexibility index (Phi) is 8.74. The standard InChI is InChI=1S/C74H48N6/c1-73(2)57-27-11-5-19-45(57)53-37-55-51-25-17-33-65(77-61-29-13-7-21-47(61)48-22-8-14-30-62(48)77)71(51)79(69(55)39-59(53)73)67-35-44(42-76)68(36-43(67)41-75)80-70-40-60-54(46-20-6-12-28-58(46)74(60,3)4)38-56(70)52-26-18-34-66(72(52)80)78-63-31-15-9-23-49(63)50-24-10-16-32-64(50)78/h5-40H,1-4H3. The van der Waals surface area contributed by atoms with E-state index in [2.05, 4.69) is 264 Å². The van der Waals surface area contributed by atoms with Gasteiger partial charge in [0.2, 0.25) is 0 Å². The van der Waals surface area contributed by atoms with Crippen LogP contribution in [-0.4, -0.2) is 18.3 Å². The molecule has 4 aromatic heterocycles. The van der Waals surface area contributed by atoms with Crippen LogP contribution in [0.3, 0.4) is 0 Å². The van der Waals surface area contributed by atoms with Crippen molar-refractivity contribution in [2.45, 2.75) is 38.5 Å². The largest absolute Gasteiger partial charge is 0.307 e. The summed E-state index contributed by atoms with van der Waals surface area (Å²) < 4.78 is 9.36. The Hall–Kier alpha value is -10.4. The van der Waals surface area contributed by atoms with Gasteiger partial charge in [-0.1, -0.05) is 173 Å². The summed E-state index contributed by atoms with van der Waals surface area (Å²) in [7, 11) is 0. The molecule has 6 nitrogen and oxygen atoms in total. The average molecular weight is 1020 g/mol. The molecule has 0 atom stereocenters. The number of rotatable bonds is 4. The highest BCUT2D eigenvalue weighted by Gasteiger charge is 2.39. The number of hydrogen-bond donors (Lipinski definition) is 0. The lowest BCUT2D eigenvalue weighted by atomic mass is 9.82. The second-order valence-electron chi connectivity index (χ2n) is 23.0. The highest BCUT2D eigenvalue weighted by atomic mass is 15.1. The molecule has 0 amide bonds. The smallest absolute Gasteiger partial charge is 0.101 e. The third kappa shape index (κ3) is 5.59. The van der Waals surface area contributed by atoms with Gasteiger partial charge in [-0.15, -0.1) is 0 Å². The molecule has 2 aliphatic rings. The summed E-state index contributed by atoms with van der Waals surface area (Å²) in [5.41, 5.74) is 21.8. The Morgan fingerprint density at radius 2 is 0.613 bits per heavy atom. The molecule has 0 fully saturated rings. The monoisotopic (exact) mass is 1020 g/mol. The van der Waals surface area contributed by atoms with Gasteiger partial charge in [-0.3, -0.25) is 0 Å². The van der Waals surface area contributed by atoms with Crippen LogP contribution in [0.25, 0.3) is 132 Å². The molecule has 0 aliphatic heterocycles. The van der Waals surface area contributed by atoms with E-state index in [1.807, 2.05) is 12.1 Å². The number of para-hydroxylation sites is 6. The summed E-state index contributed by atoms with van der Waals surface area (Å²) in [6.07, 6.45) is 0. The van der Waals surface area contributed by atoms with Crippen molar-refractivity contribution in [1.82, 2.24) is 18.3 Å². The molecule has 0 saturated heterocycles. The van der Waals surface area contributed by atoms with Crippen LogP contribution in [0.4, 0.5) is 0 Å². The van der Waals surface area contributed by atoms with Crippen LogP contribution in [0.2, 0.25) is 0 Å². The van der Waals surface area contributed by atoms with Crippen molar-refractivity contribution in [1.29, 1.82) is 10.5 Å². The van der Waals surface area contributed by atoms with Crippen LogP contribution in [0.5, 0.6) is 0 Å². The maximum atomic E-state index is 11.9. The zero-order chi connectivity index (χ0) is 53.5. The third-order valence-electron chi connectivity index (χ3n) is 18.4. The summed E-state index contributed by atoms with van der Waals surface area (Å²) in [4.78, 5) is 0. The Balaban J connectivity index is 1.01. The van der Waals surface area contributed by atoms with Crippen LogP contribution in [0.15, 0.2) is 218 Å². The van der Waals surface area contributed by atoms with Crippen molar-refractivity contribution < 1.29 is 0 Å². The lowest BCUT2D eigenvalue weighted by molar-refractivity contribution is 0.661. The third-order valence-corrected chi connectivity index (χ3v) is 18.4. The number of benzene rings is 11. The van der Waals surface area contributed by atoms with Crippen LogP contribution < -0.4 is 0 Å². The van der Waals surface area contributed by atoms with E-state index in [1.54, 1.807) is 0 Å². The fourth-order valence-corrected chi connectivity index (χ4v) is 14.8. The summed E-state index contributed by atoms with van der Waals surface area (Å²) in [6, 6.07) is 84.3. The van der Waals surface area contributed by atoms with Crippen molar-refractivity contribution in [3.05, 3.63) is 252 Å². The minimum Gasteiger partial charge on any atom is -0.307 e. The second kappa shape index (κ2) is 15.6. The Morgan fingerprint density at radius 1 is 0.275 bits per heavy atom. The maximum Gasteiger partial charge on any atom is 0.101 e. The fraction of sp³-hybridized carbons (Fsp3) is 0.0811. The lowest BCUT2D eigenvalue weighted by Gasteiger charge is -2.22. The van der Waals surface area contributed by atoms with Gasteiger partial charge in [0.05, 0.1) is 78.0 Å². The molecule has 15 aromatic rings. The van der Waals surface area contributed by atoms with Gasteiger partial charge in [0, 0.05) is 53.9 Å². The predicted octanol–water partition coefficient (Wildman–Crippen LogP) is 18.4. The number of hydrogen-bond acceptors (Lipinski definition) is 2. The van der Waals surface area contributed by atoms with Gasteiger partial charge in [-0.2, -0.15) is 10.5 Å². The summed E-state index contributed by atoms with van der Waals surface area (Å²) in [5, 5.41) is 32.8. The first-order chi connectivity index (χ1) is 39.1. The Labute approximate surface area is 461 Å². The van der Waals surface area contributed by atoms with Crippen molar-refractivity contribution in [2.75, 3.05) is 0 Å². The van der Waals surface area contributed by atoms with Gasteiger partial charge in [-0.05, 0) is 117 Å². The number of nitrogens with zero attached hydrogens (tertiary/aromatic N) is 6. The summed E-state index contributed by atoms with van der Waals surface area (Å²) in [5.74, 6) is 0. The first-order valence-corrected chi connectivity index (χ1v) is 27.5. The van der Waals surface area contributed by atoms with Gasteiger partial charge < -0.3 is 18.3 Å². The van der Waals surface area contributed by atoms with E-state index < -0.39 is 0 Å². The van der Waals surface area contributed by atoms with Crippen molar-refractivity contribution in [3.8, 4) is 57.1 Å². The average Bonchev–Trinajstić information content (AvgIpc) is 4.49. The predicted molar refractivity (Wildman–Crippen MR) is 328 cm³/mol. The molecule has 17 rings (SSSR count). The molecule has 0 saturated carbocycles. The zero-order valence-corrected chi connectivity index (χ0v) is 44.5. The Bertz CT molecular complexity index is 4960. The van der Waals surface area contributed by atoms with E-state index >= 15 is 0 Å². The minimum absolute atomic E-state index is 0.294. The molecule has 2 aliphatic carbocycles. The van der Waals surface area contributed by atoms with Gasteiger partial charge in [0.1, 0.15) is 12.1 Å². The van der Waals surface area contributed by atoms with Crippen LogP contribution in [0.1, 0.15) is 61.1 Å². The molecule has 80 heavy (non-hydrogen) atoms. The van der Waals surface area contributed by atoms with Crippen molar-refractivity contribution in [3.63, 3.8) is 0 Å². The molecule has 0 N–H and O–H groups in total. The molecule has 374 valence electrons. The normalized spacial score (nSPS) is 13.9. The molecular formula is C74H48N6. The van der Waals surface area contributed by atoms with Gasteiger partial charge in [-0.25, -0.2) is 0 Å². The lowest BCUT2D eigenvalue weighted by Crippen LogP contribution is -2.15.